The molecule has 8 heteroatoms. The van der Waals surface area contributed by atoms with Crippen molar-refractivity contribution >= 4 is 34.9 Å². The van der Waals surface area contributed by atoms with E-state index in [-0.39, 0.29) is 12.6 Å². The first-order valence-electron chi connectivity index (χ1n) is 12.6. The molecule has 8 nitrogen and oxygen atoms in total. The summed E-state index contributed by atoms with van der Waals surface area (Å²) in [5.74, 6) is -1.90. The monoisotopic (exact) mass is 513 g/mol. The number of carboxylic acid groups (broad SMARTS) is 1. The molecule has 3 aromatic carbocycles. The van der Waals surface area contributed by atoms with Crippen LogP contribution < -0.4 is 15.5 Å². The summed E-state index contributed by atoms with van der Waals surface area (Å²) in [5.41, 5.74) is 5.05. The Bertz CT molecular complexity index is 1290. The van der Waals surface area contributed by atoms with Gasteiger partial charge < -0.3 is 20.8 Å². The average Bonchev–Trinajstić information content (AvgIpc) is 2.95. The molecular formula is C30H31N3O5. The second-order valence-electron chi connectivity index (χ2n) is 9.17. The first-order chi connectivity index (χ1) is 18.4. The van der Waals surface area contributed by atoms with E-state index in [0.717, 1.165) is 24.1 Å². The Kier molecular flexibility index (Phi) is 8.89. The van der Waals surface area contributed by atoms with Crippen LogP contribution in [0.1, 0.15) is 47.2 Å². The normalized spacial score (nSPS) is 13.7. The van der Waals surface area contributed by atoms with E-state index in [4.69, 9.17) is 5.11 Å². The summed E-state index contributed by atoms with van der Waals surface area (Å²) >= 11 is 0. The molecule has 0 aliphatic heterocycles. The lowest BCUT2D eigenvalue weighted by atomic mass is 9.93. The number of aliphatic hydroxyl groups excluding tert-OH is 1. The molecule has 0 saturated heterocycles. The number of nitrogens with zero attached hydrogens (tertiary/aromatic N) is 1. The van der Waals surface area contributed by atoms with Gasteiger partial charge in [0.05, 0.1) is 13.1 Å². The Morgan fingerprint density at radius 3 is 2.24 bits per heavy atom. The maximum atomic E-state index is 13.4. The zero-order valence-electron chi connectivity index (χ0n) is 21.0. The van der Waals surface area contributed by atoms with E-state index in [0.29, 0.717) is 11.3 Å². The van der Waals surface area contributed by atoms with E-state index in [1.807, 2.05) is 54.6 Å². The van der Waals surface area contributed by atoms with Gasteiger partial charge in [0.1, 0.15) is 0 Å². The van der Waals surface area contributed by atoms with E-state index in [1.165, 1.54) is 24.0 Å². The van der Waals surface area contributed by atoms with Crippen molar-refractivity contribution in [2.75, 3.05) is 16.8 Å². The fourth-order valence-corrected chi connectivity index (χ4v) is 4.27. The number of benzene rings is 3. The summed E-state index contributed by atoms with van der Waals surface area (Å²) in [7, 11) is 0. The molecule has 0 aromatic heterocycles. The van der Waals surface area contributed by atoms with Crippen molar-refractivity contribution in [1.82, 2.24) is 5.32 Å². The van der Waals surface area contributed by atoms with Gasteiger partial charge in [-0.25, -0.2) is 9.59 Å². The average molecular weight is 514 g/mol. The van der Waals surface area contributed by atoms with E-state index in [9.17, 15) is 19.5 Å². The van der Waals surface area contributed by atoms with E-state index in [1.54, 1.807) is 29.2 Å². The molecule has 0 saturated carbocycles. The van der Waals surface area contributed by atoms with Crippen molar-refractivity contribution < 1.29 is 24.6 Å². The minimum atomic E-state index is -1.67. The van der Waals surface area contributed by atoms with E-state index >= 15 is 0 Å². The van der Waals surface area contributed by atoms with Crippen LogP contribution >= 0.6 is 0 Å². The maximum absolute atomic E-state index is 13.4. The van der Waals surface area contributed by atoms with Gasteiger partial charge in [-0.3, -0.25) is 9.69 Å². The third-order valence-electron chi connectivity index (χ3n) is 6.41. The fraction of sp³-hybridized carbons (Fsp3) is 0.233. The molecule has 4 rings (SSSR count). The molecule has 1 atom stereocenters. The SMILES string of the molecule is O=C(NCC(O)C(=O)O)c1ccc(CN(C(=O)Nc2ccccc2)c2ccc(C3=CCCCC3)cc2)cc1. The van der Waals surface area contributed by atoms with Crippen LogP contribution in [0.3, 0.4) is 0 Å². The summed E-state index contributed by atoms with van der Waals surface area (Å²) in [6.07, 6.45) is 5.19. The number of urea groups is 1. The molecule has 3 amide bonds. The number of carbonyl (C=O) groups is 3. The third kappa shape index (κ3) is 7.08. The van der Waals surface area contributed by atoms with Gasteiger partial charge in [-0.2, -0.15) is 0 Å². The summed E-state index contributed by atoms with van der Waals surface area (Å²) in [6.45, 7) is -0.128. The van der Waals surface area contributed by atoms with Crippen LogP contribution in [0.2, 0.25) is 0 Å². The van der Waals surface area contributed by atoms with Gasteiger partial charge in [-0.15, -0.1) is 0 Å². The number of amides is 3. The summed E-state index contributed by atoms with van der Waals surface area (Å²) in [5, 5.41) is 23.5. The minimum Gasteiger partial charge on any atom is -0.479 e. The zero-order valence-corrected chi connectivity index (χ0v) is 21.0. The number of anilines is 2. The molecule has 0 heterocycles. The number of rotatable bonds is 9. The quantitative estimate of drug-likeness (QED) is 0.319. The molecule has 0 spiro atoms. The fourth-order valence-electron chi connectivity index (χ4n) is 4.27. The number of para-hydroxylation sites is 1. The zero-order chi connectivity index (χ0) is 26.9. The minimum absolute atomic E-state index is 0.264. The lowest BCUT2D eigenvalue weighted by Gasteiger charge is -2.24. The highest BCUT2D eigenvalue weighted by molar-refractivity contribution is 6.01. The Balaban J connectivity index is 1.51. The van der Waals surface area contributed by atoms with Crippen LogP contribution in [0.5, 0.6) is 0 Å². The van der Waals surface area contributed by atoms with Gasteiger partial charge >= 0.3 is 12.0 Å². The predicted molar refractivity (Wildman–Crippen MR) is 147 cm³/mol. The molecule has 4 N–H and O–H groups in total. The van der Waals surface area contributed by atoms with Gasteiger partial charge in [0.2, 0.25) is 0 Å². The number of allylic oxidation sites excluding steroid dienone is 2. The van der Waals surface area contributed by atoms with Crippen LogP contribution in [0.25, 0.3) is 5.57 Å². The molecule has 38 heavy (non-hydrogen) atoms. The van der Waals surface area contributed by atoms with Crippen molar-refractivity contribution in [3.63, 3.8) is 0 Å². The van der Waals surface area contributed by atoms with Crippen molar-refractivity contribution in [1.29, 1.82) is 0 Å². The first-order valence-corrected chi connectivity index (χ1v) is 12.6. The van der Waals surface area contributed by atoms with Gasteiger partial charge in [0.25, 0.3) is 5.91 Å². The molecule has 0 radical (unpaired) electrons. The number of carboxylic acids is 1. The van der Waals surface area contributed by atoms with Crippen LogP contribution in [-0.4, -0.2) is 40.8 Å². The molecule has 1 unspecified atom stereocenters. The second-order valence-corrected chi connectivity index (χ2v) is 9.17. The Morgan fingerprint density at radius 1 is 0.895 bits per heavy atom. The molecular weight excluding hydrogens is 482 g/mol. The van der Waals surface area contributed by atoms with Gasteiger partial charge in [0.15, 0.2) is 6.10 Å². The Morgan fingerprint density at radius 2 is 1.61 bits per heavy atom. The molecule has 3 aromatic rings. The van der Waals surface area contributed by atoms with Crippen LogP contribution in [0.15, 0.2) is 84.9 Å². The molecule has 0 fully saturated rings. The lowest BCUT2D eigenvalue weighted by Crippen LogP contribution is -2.36. The standard InChI is InChI=1S/C30H31N3O5/c34-27(29(36)37)19-31-28(35)24-13-11-21(12-14-24)20-33(30(38)32-25-9-5-2-6-10-25)26-17-15-23(16-18-26)22-7-3-1-4-8-22/h2,5-7,9-18,27,34H,1,3-4,8,19-20H2,(H,31,35)(H,32,38)(H,36,37). The number of aliphatic carboxylic acids is 1. The number of nitrogens with one attached hydrogen (secondary N) is 2. The van der Waals surface area contributed by atoms with Gasteiger partial charge in [0, 0.05) is 16.9 Å². The number of aliphatic hydroxyl groups is 1. The topological polar surface area (TPSA) is 119 Å². The van der Waals surface area contributed by atoms with Crippen LogP contribution in [-0.2, 0) is 11.3 Å². The number of hydrogen-bond acceptors (Lipinski definition) is 4. The second kappa shape index (κ2) is 12.7. The van der Waals surface area contributed by atoms with Crippen molar-refractivity contribution in [3.05, 3.63) is 102 Å². The molecule has 0 bridgehead atoms. The lowest BCUT2D eigenvalue weighted by molar-refractivity contribution is -0.146. The van der Waals surface area contributed by atoms with Crippen LogP contribution in [0, 0.1) is 0 Å². The molecule has 1 aliphatic carbocycles. The highest BCUT2D eigenvalue weighted by Gasteiger charge is 2.19. The van der Waals surface area contributed by atoms with E-state index in [2.05, 4.69) is 16.7 Å². The first kappa shape index (κ1) is 26.6. The van der Waals surface area contributed by atoms with Crippen molar-refractivity contribution in [2.45, 2.75) is 38.3 Å². The summed E-state index contributed by atoms with van der Waals surface area (Å²) < 4.78 is 0. The third-order valence-corrected chi connectivity index (χ3v) is 6.41. The Labute approximate surface area is 221 Å². The van der Waals surface area contributed by atoms with Crippen LogP contribution in [0.4, 0.5) is 16.2 Å². The van der Waals surface area contributed by atoms with E-state index < -0.39 is 24.5 Å². The number of carbonyl (C=O) groups excluding carboxylic acids is 2. The number of hydrogen-bond donors (Lipinski definition) is 4. The van der Waals surface area contributed by atoms with Gasteiger partial charge in [-0.05, 0) is 78.8 Å². The summed E-state index contributed by atoms with van der Waals surface area (Å²) in [6, 6.07) is 23.6. The smallest absolute Gasteiger partial charge is 0.334 e. The highest BCUT2D eigenvalue weighted by atomic mass is 16.4. The highest BCUT2D eigenvalue weighted by Crippen LogP contribution is 2.29. The molecule has 1 aliphatic rings. The predicted octanol–water partition coefficient (Wildman–Crippen LogP) is 5.06. The van der Waals surface area contributed by atoms with Crippen molar-refractivity contribution in [3.8, 4) is 0 Å². The maximum Gasteiger partial charge on any atom is 0.334 e. The molecule has 196 valence electrons. The van der Waals surface area contributed by atoms with Crippen molar-refractivity contribution in [2.24, 2.45) is 0 Å². The largest absolute Gasteiger partial charge is 0.479 e. The Hall–Kier alpha value is -4.43. The summed E-state index contributed by atoms with van der Waals surface area (Å²) in [4.78, 5) is 38.0. The van der Waals surface area contributed by atoms with Gasteiger partial charge in [-0.1, -0.05) is 48.5 Å².